The van der Waals surface area contributed by atoms with Gasteiger partial charge in [0, 0.05) is 6.42 Å². The van der Waals surface area contributed by atoms with E-state index in [0.717, 1.165) is 6.39 Å². The molecule has 1 aromatic heterocycles. The zero-order valence-electron chi connectivity index (χ0n) is 5.50. The fraction of sp³-hybridized carbons (Fsp3) is 0.400. The molecule has 0 saturated heterocycles. The first-order chi connectivity index (χ1) is 4.83. The van der Waals surface area contributed by atoms with E-state index in [1.165, 1.54) is 0 Å². The highest BCUT2D eigenvalue weighted by Gasteiger charge is 2.00. The molecule has 0 fully saturated rings. The summed E-state index contributed by atoms with van der Waals surface area (Å²) in [6.07, 6.45) is 1.57. The number of amides is 1. The largest absolute Gasteiger partial charge is 0.341 e. The van der Waals surface area contributed by atoms with Gasteiger partial charge in [-0.15, -0.1) is 0 Å². The van der Waals surface area contributed by atoms with Crippen LogP contribution in [0.4, 0.5) is 5.95 Å². The number of carbonyl (C=O) groups is 1. The van der Waals surface area contributed by atoms with Crippen molar-refractivity contribution < 1.29 is 9.32 Å². The molecule has 1 heterocycles. The average Bonchev–Trinajstić information content (AvgIpc) is 2.40. The summed E-state index contributed by atoms with van der Waals surface area (Å²) in [6.45, 7) is 1.75. The number of hydrogen-bond acceptors (Lipinski definition) is 4. The topological polar surface area (TPSA) is 68.0 Å². The molecule has 0 aliphatic carbocycles. The molecule has 0 radical (unpaired) electrons. The maximum Gasteiger partial charge on any atom is 0.269 e. The van der Waals surface area contributed by atoms with Crippen LogP contribution in [0.5, 0.6) is 0 Å². The van der Waals surface area contributed by atoms with E-state index >= 15 is 0 Å². The summed E-state index contributed by atoms with van der Waals surface area (Å²) in [7, 11) is 0. The van der Waals surface area contributed by atoms with Crippen molar-refractivity contribution >= 4 is 11.9 Å². The minimum atomic E-state index is -0.124. The van der Waals surface area contributed by atoms with Gasteiger partial charge in [0.1, 0.15) is 0 Å². The minimum absolute atomic E-state index is 0.124. The summed E-state index contributed by atoms with van der Waals surface area (Å²) < 4.78 is 4.38. The maximum atomic E-state index is 10.6. The number of hydrogen-bond donors (Lipinski definition) is 1. The number of aromatic nitrogens is 2. The summed E-state index contributed by atoms with van der Waals surface area (Å²) in [6, 6.07) is 0. The van der Waals surface area contributed by atoms with Crippen LogP contribution < -0.4 is 5.32 Å². The molecule has 0 atom stereocenters. The van der Waals surface area contributed by atoms with Crippen molar-refractivity contribution in [3.05, 3.63) is 6.39 Å². The van der Waals surface area contributed by atoms with E-state index in [2.05, 4.69) is 20.0 Å². The lowest BCUT2D eigenvalue weighted by atomic mass is 10.5. The summed E-state index contributed by atoms with van der Waals surface area (Å²) in [5, 5.41) is 5.80. The predicted octanol–water partition coefficient (Wildman–Crippen LogP) is 0.418. The van der Waals surface area contributed by atoms with Crippen LogP contribution in [0.2, 0.25) is 0 Å². The Bertz CT molecular complexity index is 207. The van der Waals surface area contributed by atoms with Crippen molar-refractivity contribution in [3.8, 4) is 0 Å². The molecule has 54 valence electrons. The number of carbonyl (C=O) groups excluding carboxylic acids is 1. The highest BCUT2D eigenvalue weighted by atomic mass is 16.5. The molecule has 1 aromatic rings. The second-order valence-corrected chi connectivity index (χ2v) is 1.66. The van der Waals surface area contributed by atoms with Crippen LogP contribution in [0.25, 0.3) is 0 Å². The summed E-state index contributed by atoms with van der Waals surface area (Å²) in [4.78, 5) is 14.2. The fourth-order valence-corrected chi connectivity index (χ4v) is 0.439. The van der Waals surface area contributed by atoms with Crippen molar-refractivity contribution in [1.82, 2.24) is 10.1 Å². The van der Waals surface area contributed by atoms with Gasteiger partial charge in [0.25, 0.3) is 5.95 Å². The van der Waals surface area contributed by atoms with Gasteiger partial charge >= 0.3 is 0 Å². The van der Waals surface area contributed by atoms with Crippen molar-refractivity contribution in [1.29, 1.82) is 0 Å². The lowest BCUT2D eigenvalue weighted by molar-refractivity contribution is -0.115. The molecule has 10 heavy (non-hydrogen) atoms. The van der Waals surface area contributed by atoms with Crippen LogP contribution in [0.3, 0.4) is 0 Å². The number of nitrogens with one attached hydrogen (secondary N) is 1. The van der Waals surface area contributed by atoms with E-state index in [1.54, 1.807) is 6.92 Å². The Morgan fingerprint density at radius 3 is 3.20 bits per heavy atom. The van der Waals surface area contributed by atoms with Crippen molar-refractivity contribution in [3.63, 3.8) is 0 Å². The van der Waals surface area contributed by atoms with Gasteiger partial charge in [0.15, 0.2) is 0 Å². The molecule has 1 rings (SSSR count). The first-order valence-electron chi connectivity index (χ1n) is 2.89. The van der Waals surface area contributed by atoms with Gasteiger partial charge in [-0.3, -0.25) is 10.1 Å². The second-order valence-electron chi connectivity index (χ2n) is 1.66. The zero-order chi connectivity index (χ0) is 7.40. The first kappa shape index (κ1) is 6.73. The van der Waals surface area contributed by atoms with E-state index in [0.29, 0.717) is 6.42 Å². The Kier molecular flexibility index (Phi) is 1.99. The van der Waals surface area contributed by atoms with Gasteiger partial charge < -0.3 is 4.52 Å². The number of rotatable bonds is 2. The van der Waals surface area contributed by atoms with Crippen LogP contribution in [-0.4, -0.2) is 16.0 Å². The zero-order valence-corrected chi connectivity index (χ0v) is 5.50. The van der Waals surface area contributed by atoms with Gasteiger partial charge in [-0.1, -0.05) is 6.92 Å². The highest BCUT2D eigenvalue weighted by Crippen LogP contribution is 1.94. The van der Waals surface area contributed by atoms with Crippen LogP contribution in [0.15, 0.2) is 10.9 Å². The normalized spacial score (nSPS) is 9.30. The monoisotopic (exact) mass is 141 g/mol. The number of anilines is 1. The highest BCUT2D eigenvalue weighted by molar-refractivity contribution is 5.88. The first-order valence-corrected chi connectivity index (χ1v) is 2.89. The lowest BCUT2D eigenvalue weighted by Gasteiger charge is -1.92. The Morgan fingerprint density at radius 2 is 2.70 bits per heavy atom. The van der Waals surface area contributed by atoms with Crippen LogP contribution in [-0.2, 0) is 4.79 Å². The Hall–Kier alpha value is -1.39. The molecule has 5 heteroatoms. The van der Waals surface area contributed by atoms with Crippen molar-refractivity contribution in [2.24, 2.45) is 0 Å². The van der Waals surface area contributed by atoms with E-state index in [-0.39, 0.29) is 11.9 Å². The van der Waals surface area contributed by atoms with E-state index in [9.17, 15) is 4.79 Å². The summed E-state index contributed by atoms with van der Waals surface area (Å²) >= 11 is 0. The van der Waals surface area contributed by atoms with Crippen LogP contribution in [0, 0.1) is 0 Å². The van der Waals surface area contributed by atoms with Gasteiger partial charge in [0.2, 0.25) is 12.3 Å². The predicted molar refractivity (Wildman–Crippen MR) is 33.2 cm³/mol. The molecule has 0 saturated carbocycles. The third kappa shape index (κ3) is 1.54. The van der Waals surface area contributed by atoms with Crippen molar-refractivity contribution in [2.75, 3.05) is 5.32 Å². The molecule has 1 N–H and O–H groups in total. The van der Waals surface area contributed by atoms with Gasteiger partial charge in [-0.25, -0.2) is 0 Å². The molecule has 0 aliphatic heterocycles. The molecule has 0 aromatic carbocycles. The van der Waals surface area contributed by atoms with E-state index < -0.39 is 0 Å². The quantitative estimate of drug-likeness (QED) is 0.648. The van der Waals surface area contributed by atoms with Gasteiger partial charge in [-0.2, -0.15) is 4.98 Å². The minimum Gasteiger partial charge on any atom is -0.341 e. The smallest absolute Gasteiger partial charge is 0.269 e. The molecule has 0 spiro atoms. The lowest BCUT2D eigenvalue weighted by Crippen LogP contribution is -2.10. The van der Waals surface area contributed by atoms with E-state index in [4.69, 9.17) is 0 Å². The molecule has 1 amide bonds. The van der Waals surface area contributed by atoms with Crippen LogP contribution in [0.1, 0.15) is 13.3 Å². The molecular formula is C5H7N3O2. The van der Waals surface area contributed by atoms with Gasteiger partial charge in [-0.05, 0) is 5.16 Å². The molecular weight excluding hydrogens is 134 g/mol. The van der Waals surface area contributed by atoms with Gasteiger partial charge in [0.05, 0.1) is 0 Å². The molecule has 5 nitrogen and oxygen atoms in total. The standard InChI is InChI=1S/C5H7N3O2/c1-2-4(9)7-5-6-3-10-8-5/h3H,2H2,1H3,(H,7,8,9). The average molecular weight is 141 g/mol. The summed E-state index contributed by atoms with van der Waals surface area (Å²) in [5.74, 6) is 0.0910. The fourth-order valence-electron chi connectivity index (χ4n) is 0.439. The third-order valence-electron chi connectivity index (χ3n) is 0.934. The van der Waals surface area contributed by atoms with Crippen LogP contribution >= 0.6 is 0 Å². The molecule has 0 unspecified atom stereocenters. The number of nitrogens with zero attached hydrogens (tertiary/aromatic N) is 2. The third-order valence-corrected chi connectivity index (χ3v) is 0.934. The Morgan fingerprint density at radius 1 is 1.90 bits per heavy atom. The van der Waals surface area contributed by atoms with E-state index in [1.807, 2.05) is 0 Å². The second kappa shape index (κ2) is 2.95. The SMILES string of the molecule is CCC(=O)Nc1ncon1. The molecule has 0 aliphatic rings. The Balaban J connectivity index is 2.48. The maximum absolute atomic E-state index is 10.6. The molecule has 0 bridgehead atoms. The Labute approximate surface area is 57.4 Å². The van der Waals surface area contributed by atoms with Crippen molar-refractivity contribution in [2.45, 2.75) is 13.3 Å². The summed E-state index contributed by atoms with van der Waals surface area (Å²) in [5.41, 5.74) is 0.